The van der Waals surface area contributed by atoms with E-state index in [1.165, 1.54) is 4.90 Å². The van der Waals surface area contributed by atoms with Crippen molar-refractivity contribution >= 4 is 23.6 Å². The van der Waals surface area contributed by atoms with Gasteiger partial charge in [-0.1, -0.05) is 13.8 Å². The number of thioether (sulfide) groups is 1. The van der Waals surface area contributed by atoms with Crippen molar-refractivity contribution in [3.63, 3.8) is 0 Å². The second-order valence-corrected chi connectivity index (χ2v) is 8.48. The molecule has 138 valence electrons. The van der Waals surface area contributed by atoms with Gasteiger partial charge in [0.05, 0.1) is 45.2 Å². The van der Waals surface area contributed by atoms with Gasteiger partial charge in [-0.3, -0.25) is 9.59 Å². The summed E-state index contributed by atoms with van der Waals surface area (Å²) in [5.74, 6) is 1.61. The maximum atomic E-state index is 13.3. The Labute approximate surface area is 153 Å². The Bertz CT molecular complexity index is 597. The molecule has 0 spiro atoms. The Morgan fingerprint density at radius 2 is 2.12 bits per heavy atom. The van der Waals surface area contributed by atoms with Crippen molar-refractivity contribution in [3.05, 3.63) is 24.2 Å². The highest BCUT2D eigenvalue weighted by atomic mass is 32.2. The zero-order chi connectivity index (χ0) is 18.0. The number of nitrogens with zero attached hydrogens (tertiary/aromatic N) is 2. The molecular weight excluding hydrogens is 338 g/mol. The van der Waals surface area contributed by atoms with Crippen molar-refractivity contribution in [2.45, 2.75) is 31.7 Å². The second-order valence-electron chi connectivity index (χ2n) is 7.41. The molecule has 0 radical (unpaired) electrons. The molecule has 2 aliphatic heterocycles. The van der Waals surface area contributed by atoms with Crippen LogP contribution in [0.1, 0.15) is 31.4 Å². The number of nitrogens with one attached hydrogen (secondary N) is 1. The van der Waals surface area contributed by atoms with Gasteiger partial charge >= 0.3 is 0 Å². The molecule has 1 aromatic heterocycles. The lowest BCUT2D eigenvalue weighted by Gasteiger charge is -2.37. The molecule has 6 nitrogen and oxygen atoms in total. The monoisotopic (exact) mass is 366 g/mol. The van der Waals surface area contributed by atoms with Crippen LogP contribution in [0.15, 0.2) is 22.8 Å². The van der Waals surface area contributed by atoms with Crippen LogP contribution in [0.2, 0.25) is 0 Å². The molecule has 0 saturated carbocycles. The Morgan fingerprint density at radius 3 is 2.72 bits per heavy atom. The number of furan rings is 1. The van der Waals surface area contributed by atoms with Crippen LogP contribution in [-0.4, -0.2) is 66.6 Å². The van der Waals surface area contributed by atoms with E-state index in [0.717, 1.165) is 31.9 Å². The van der Waals surface area contributed by atoms with Crippen molar-refractivity contribution in [1.82, 2.24) is 9.80 Å². The zero-order valence-corrected chi connectivity index (χ0v) is 16.1. The SMILES string of the molecule is CC(C)C[C@H](C(=O)N1CC[NH+](C)CC1)N1C(=O)CS[C@H]1c1ccco1. The van der Waals surface area contributed by atoms with E-state index in [1.54, 1.807) is 22.9 Å². The number of quaternary nitrogens is 1. The summed E-state index contributed by atoms with van der Waals surface area (Å²) in [7, 11) is 2.15. The minimum Gasteiger partial charge on any atom is -0.466 e. The molecule has 3 heterocycles. The third-order valence-electron chi connectivity index (χ3n) is 4.94. The molecule has 0 bridgehead atoms. The molecule has 1 N–H and O–H groups in total. The Hall–Kier alpha value is -1.47. The highest BCUT2D eigenvalue weighted by Crippen LogP contribution is 2.41. The summed E-state index contributed by atoms with van der Waals surface area (Å²) in [5, 5.41) is -0.201. The molecule has 2 amide bonds. The molecular formula is C18H28N3O3S+. The topological polar surface area (TPSA) is 58.2 Å². The predicted octanol–water partition coefficient (Wildman–Crippen LogP) is 0.625. The number of amides is 2. The molecule has 7 heteroatoms. The number of carbonyl (C=O) groups excluding carboxylic acids is 2. The number of likely N-dealkylation sites (N-methyl/N-ethyl adjacent to an activating group) is 1. The maximum absolute atomic E-state index is 13.3. The van der Waals surface area contributed by atoms with Crippen molar-refractivity contribution < 1.29 is 18.9 Å². The van der Waals surface area contributed by atoms with Crippen LogP contribution in [0.3, 0.4) is 0 Å². The molecule has 3 rings (SSSR count). The van der Waals surface area contributed by atoms with E-state index in [1.807, 2.05) is 17.0 Å². The summed E-state index contributed by atoms with van der Waals surface area (Å²) in [4.78, 5) is 31.1. The zero-order valence-electron chi connectivity index (χ0n) is 15.2. The number of rotatable bonds is 5. The van der Waals surface area contributed by atoms with E-state index in [4.69, 9.17) is 4.42 Å². The summed E-state index contributed by atoms with van der Waals surface area (Å²) in [5.41, 5.74) is 0. The Morgan fingerprint density at radius 1 is 1.40 bits per heavy atom. The third kappa shape index (κ3) is 4.03. The average molecular weight is 367 g/mol. The van der Waals surface area contributed by atoms with E-state index in [2.05, 4.69) is 20.9 Å². The fraction of sp³-hybridized carbons (Fsp3) is 0.667. The molecule has 2 atom stereocenters. The van der Waals surface area contributed by atoms with Gasteiger partial charge in [-0.2, -0.15) is 0 Å². The first kappa shape index (κ1) is 18.3. The van der Waals surface area contributed by atoms with Crippen LogP contribution in [-0.2, 0) is 9.59 Å². The van der Waals surface area contributed by atoms with Crippen LogP contribution in [0.5, 0.6) is 0 Å². The maximum Gasteiger partial charge on any atom is 0.245 e. The third-order valence-corrected chi connectivity index (χ3v) is 6.12. The largest absolute Gasteiger partial charge is 0.466 e. The van der Waals surface area contributed by atoms with Gasteiger partial charge in [-0.15, -0.1) is 11.8 Å². The Kier molecular flexibility index (Phi) is 5.74. The van der Waals surface area contributed by atoms with Gasteiger partial charge < -0.3 is 19.1 Å². The van der Waals surface area contributed by atoms with E-state index < -0.39 is 6.04 Å². The number of carbonyl (C=O) groups is 2. The molecule has 0 aliphatic carbocycles. The number of piperazine rings is 1. The van der Waals surface area contributed by atoms with Crippen molar-refractivity contribution in [2.75, 3.05) is 39.0 Å². The highest BCUT2D eigenvalue weighted by Gasteiger charge is 2.43. The molecule has 2 fully saturated rings. The van der Waals surface area contributed by atoms with E-state index in [9.17, 15) is 9.59 Å². The van der Waals surface area contributed by atoms with E-state index in [-0.39, 0.29) is 17.2 Å². The smallest absolute Gasteiger partial charge is 0.245 e. The van der Waals surface area contributed by atoms with Gasteiger partial charge in [0.2, 0.25) is 11.8 Å². The Balaban J connectivity index is 1.83. The second kappa shape index (κ2) is 7.83. The van der Waals surface area contributed by atoms with Gasteiger partial charge in [0.15, 0.2) is 0 Å². The summed E-state index contributed by atoms with van der Waals surface area (Å²) in [6.45, 7) is 7.66. The first-order valence-corrected chi connectivity index (χ1v) is 10.1. The van der Waals surface area contributed by atoms with Gasteiger partial charge in [0, 0.05) is 0 Å². The molecule has 0 unspecified atom stereocenters. The molecule has 25 heavy (non-hydrogen) atoms. The summed E-state index contributed by atoms with van der Waals surface area (Å²) in [6.07, 6.45) is 2.31. The molecule has 2 saturated heterocycles. The average Bonchev–Trinajstić information content (AvgIpc) is 3.22. The van der Waals surface area contributed by atoms with Gasteiger partial charge in [0.1, 0.15) is 17.2 Å². The highest BCUT2D eigenvalue weighted by molar-refractivity contribution is 8.00. The minimum absolute atomic E-state index is 0.0325. The quantitative estimate of drug-likeness (QED) is 0.830. The lowest BCUT2D eigenvalue weighted by atomic mass is 10.00. The standard InChI is InChI=1S/C18H27N3O3S/c1-13(2)11-14(17(23)20-8-6-19(3)7-9-20)21-16(22)12-25-18(21)15-5-4-10-24-15/h4-5,10,13-14,18H,6-9,11-12H2,1-3H3/p+1/t14-,18+/m1/s1. The van der Waals surface area contributed by atoms with Crippen molar-refractivity contribution in [2.24, 2.45) is 5.92 Å². The summed E-state index contributed by atoms with van der Waals surface area (Å²) in [6, 6.07) is 3.31. The summed E-state index contributed by atoms with van der Waals surface area (Å²) >= 11 is 1.54. The molecule has 2 aliphatic rings. The van der Waals surface area contributed by atoms with Crippen LogP contribution in [0.4, 0.5) is 0 Å². The fourth-order valence-corrected chi connectivity index (χ4v) is 4.70. The lowest BCUT2D eigenvalue weighted by Crippen LogP contribution is -3.12. The minimum atomic E-state index is -0.406. The van der Waals surface area contributed by atoms with Crippen molar-refractivity contribution in [3.8, 4) is 0 Å². The van der Waals surface area contributed by atoms with Gasteiger partial charge in [0.25, 0.3) is 0 Å². The number of hydrogen-bond donors (Lipinski definition) is 1. The first-order valence-electron chi connectivity index (χ1n) is 9.03. The summed E-state index contributed by atoms with van der Waals surface area (Å²) < 4.78 is 5.55. The van der Waals surface area contributed by atoms with Crippen LogP contribution in [0, 0.1) is 5.92 Å². The van der Waals surface area contributed by atoms with E-state index >= 15 is 0 Å². The number of hydrogen-bond acceptors (Lipinski definition) is 4. The molecule has 1 aromatic rings. The normalized spacial score (nSPS) is 23.5. The lowest BCUT2D eigenvalue weighted by molar-refractivity contribution is -0.883. The first-order chi connectivity index (χ1) is 12.0. The van der Waals surface area contributed by atoms with Gasteiger partial charge in [-0.25, -0.2) is 0 Å². The van der Waals surface area contributed by atoms with Crippen molar-refractivity contribution in [1.29, 1.82) is 0 Å². The van der Waals surface area contributed by atoms with Crippen LogP contribution >= 0.6 is 11.8 Å². The molecule has 0 aromatic carbocycles. The van der Waals surface area contributed by atoms with E-state index in [0.29, 0.717) is 18.1 Å². The fourth-order valence-electron chi connectivity index (χ4n) is 3.52. The van der Waals surface area contributed by atoms with Crippen LogP contribution in [0.25, 0.3) is 0 Å². The van der Waals surface area contributed by atoms with Gasteiger partial charge in [-0.05, 0) is 24.5 Å². The predicted molar refractivity (Wildman–Crippen MR) is 97.2 cm³/mol. The van der Waals surface area contributed by atoms with Crippen LogP contribution < -0.4 is 4.90 Å².